The molecule has 0 N–H and O–H groups in total. The zero-order valence-electron chi connectivity index (χ0n) is 38.6. The molecule has 7 aliphatic rings. The summed E-state index contributed by atoms with van der Waals surface area (Å²) in [5, 5.41) is 0. The van der Waals surface area contributed by atoms with Crippen LogP contribution in [0.25, 0.3) is 0 Å². The van der Waals surface area contributed by atoms with Crippen molar-refractivity contribution in [3.8, 4) is 0 Å². The Bertz CT molecular complexity index is 959. The Labute approximate surface area is 345 Å². The minimum absolute atomic E-state index is 0. The van der Waals surface area contributed by atoms with E-state index in [0.29, 0.717) is 5.92 Å². The number of hydrogen-bond donors (Lipinski definition) is 0. The molecule has 0 spiro atoms. The normalized spacial score (nSPS) is 27.8. The number of likely N-dealkylation sites (N-methyl/N-ethyl adjacent to an activating group) is 1. The quantitative estimate of drug-likeness (QED) is 0.242. The third kappa shape index (κ3) is 28.4. The van der Waals surface area contributed by atoms with Crippen LogP contribution in [0.15, 0.2) is 48.5 Å². The summed E-state index contributed by atoms with van der Waals surface area (Å²) in [6.07, 6.45) is 29.0. The van der Waals surface area contributed by atoms with E-state index in [1.807, 2.05) is 11.9 Å². The van der Waals surface area contributed by atoms with Crippen LogP contribution in [0.2, 0.25) is 0 Å². The lowest BCUT2D eigenvalue weighted by Gasteiger charge is -2.29. The first kappa shape index (κ1) is 53.4. The fourth-order valence-corrected chi connectivity index (χ4v) is 7.35. The molecule has 0 aromatic rings. The maximum atomic E-state index is 2.43. The minimum atomic E-state index is 0. The lowest BCUT2D eigenvalue weighted by molar-refractivity contribution is 0.200. The second-order valence-electron chi connectivity index (χ2n) is 18.4. The molecule has 55 heavy (non-hydrogen) atoms. The summed E-state index contributed by atoms with van der Waals surface area (Å²) >= 11 is 0. The molecule has 0 radical (unpaired) electrons. The van der Waals surface area contributed by atoms with Gasteiger partial charge in [0, 0.05) is 45.8 Å². The molecular formula is C48H97N7. The first-order chi connectivity index (χ1) is 25.5. The van der Waals surface area contributed by atoms with Gasteiger partial charge in [0.2, 0.25) is 0 Å². The minimum Gasteiger partial charge on any atom is -0.377 e. The smallest absolute Gasteiger partial charge is 0.0356 e. The fraction of sp³-hybridized carbons (Fsp3) is 0.833. The van der Waals surface area contributed by atoms with Crippen LogP contribution in [0.3, 0.4) is 0 Å². The van der Waals surface area contributed by atoms with Crippen LogP contribution in [-0.2, 0) is 0 Å². The second kappa shape index (κ2) is 31.4. The molecule has 7 heterocycles. The highest BCUT2D eigenvalue weighted by Crippen LogP contribution is 2.16. The summed E-state index contributed by atoms with van der Waals surface area (Å²) in [7, 11) is 15.1. The molecule has 4 unspecified atom stereocenters. The number of allylic oxidation sites excluding steroid dienone is 4. The molecule has 0 aromatic heterocycles. The molecule has 4 atom stereocenters. The zero-order chi connectivity index (χ0) is 40.5. The van der Waals surface area contributed by atoms with E-state index < -0.39 is 0 Å². The van der Waals surface area contributed by atoms with Gasteiger partial charge in [-0.05, 0) is 201 Å². The highest BCUT2D eigenvalue weighted by molar-refractivity contribution is 5.19. The second-order valence-corrected chi connectivity index (χ2v) is 18.4. The lowest BCUT2D eigenvalue weighted by Crippen LogP contribution is -2.33. The van der Waals surface area contributed by atoms with E-state index in [1.54, 1.807) is 0 Å². The van der Waals surface area contributed by atoms with Gasteiger partial charge in [-0.1, -0.05) is 65.3 Å². The predicted octanol–water partition coefficient (Wildman–Crippen LogP) is 9.87. The van der Waals surface area contributed by atoms with Gasteiger partial charge < -0.3 is 34.3 Å². The maximum absolute atomic E-state index is 2.43. The van der Waals surface area contributed by atoms with Gasteiger partial charge >= 0.3 is 0 Å². The number of rotatable bonds is 0. The first-order valence-corrected chi connectivity index (χ1v) is 22.1. The molecular weight excluding hydrogens is 675 g/mol. The van der Waals surface area contributed by atoms with Crippen molar-refractivity contribution < 1.29 is 0 Å². The molecule has 7 aliphatic heterocycles. The van der Waals surface area contributed by atoms with Gasteiger partial charge in [-0.2, -0.15) is 0 Å². The maximum Gasteiger partial charge on any atom is 0.0356 e. The third-order valence-corrected chi connectivity index (χ3v) is 12.1. The van der Waals surface area contributed by atoms with Crippen LogP contribution in [0.4, 0.5) is 0 Å². The Morgan fingerprint density at radius 2 is 0.964 bits per heavy atom. The number of likely N-dealkylation sites (tertiary alicyclic amines) is 5. The monoisotopic (exact) mass is 772 g/mol. The number of nitrogens with zero attached hydrogens (tertiary/aromatic N) is 7. The molecule has 7 rings (SSSR count). The summed E-state index contributed by atoms with van der Waals surface area (Å²) in [6.45, 7) is 27.4. The molecule has 0 bridgehead atoms. The Balaban J connectivity index is 0.000000617. The van der Waals surface area contributed by atoms with Gasteiger partial charge in [0.25, 0.3) is 0 Å². The van der Waals surface area contributed by atoms with E-state index in [-0.39, 0.29) is 7.43 Å². The molecule has 5 fully saturated rings. The standard InChI is InChI=1S/C7H15N.2C7H11N.2C7H15N.2C6H13N.CH4/c3*1-7-3-5-8(2)6-4-7;1-7-4-3-5-8(2)6-7;1-7-5-3-4-6-8(7)2;1-6-3-4-7(2)5-6;1-6-4-3-5-7(6)2;/h7H,3-6H2,1-2H3;3-5H,6H2,1-2H3;3-7H,1-2H3;2*7H,3-6H2,1-2H3;2*6H,3-5H2,1-2H3;1H4. The zero-order valence-corrected chi connectivity index (χ0v) is 38.6. The number of piperidine rings is 3. The predicted molar refractivity (Wildman–Crippen MR) is 248 cm³/mol. The van der Waals surface area contributed by atoms with Crippen LogP contribution < -0.4 is 0 Å². The highest BCUT2D eigenvalue weighted by atomic mass is 15.1. The molecule has 7 heteroatoms. The summed E-state index contributed by atoms with van der Waals surface area (Å²) in [6, 6.07) is 1.68. The van der Waals surface area contributed by atoms with E-state index >= 15 is 0 Å². The van der Waals surface area contributed by atoms with Gasteiger partial charge in [0.1, 0.15) is 0 Å². The molecule has 324 valence electrons. The molecule has 0 amide bonds. The SMILES string of the molecule is C.CC1=CCN(C)C=C1.CC1C=CN(C)C=C1.CC1CCCCN1C.CC1CCCN(C)C1.CC1CCCN1C.CC1CCN(C)C1.CC1CCN(C)CC1. The van der Waals surface area contributed by atoms with Crippen LogP contribution in [0.1, 0.15) is 120 Å². The van der Waals surface area contributed by atoms with E-state index in [9.17, 15) is 0 Å². The van der Waals surface area contributed by atoms with Crippen molar-refractivity contribution in [2.24, 2.45) is 23.7 Å². The van der Waals surface area contributed by atoms with Gasteiger partial charge in [-0.15, -0.1) is 0 Å². The van der Waals surface area contributed by atoms with Crippen molar-refractivity contribution >= 4 is 0 Å². The Hall–Kier alpha value is -1.64. The summed E-state index contributed by atoms with van der Waals surface area (Å²) < 4.78 is 0. The average Bonchev–Trinajstić information content (AvgIpc) is 3.72. The average molecular weight is 772 g/mol. The van der Waals surface area contributed by atoms with Crippen LogP contribution >= 0.6 is 0 Å². The summed E-state index contributed by atoms with van der Waals surface area (Å²) in [5.41, 5.74) is 1.36. The Morgan fingerprint density at radius 1 is 0.491 bits per heavy atom. The molecule has 5 saturated heterocycles. The Morgan fingerprint density at radius 3 is 1.27 bits per heavy atom. The summed E-state index contributed by atoms with van der Waals surface area (Å²) in [5.74, 6) is 3.48. The van der Waals surface area contributed by atoms with Gasteiger partial charge in [0.05, 0.1) is 0 Å². The van der Waals surface area contributed by atoms with Gasteiger partial charge in [-0.25, -0.2) is 0 Å². The van der Waals surface area contributed by atoms with Crippen LogP contribution in [0.5, 0.6) is 0 Å². The lowest BCUT2D eigenvalue weighted by atomic mass is 10.00. The van der Waals surface area contributed by atoms with Crippen molar-refractivity contribution in [2.75, 3.05) is 108 Å². The highest BCUT2D eigenvalue weighted by Gasteiger charge is 2.15. The molecule has 0 aromatic carbocycles. The molecule has 0 aliphatic carbocycles. The van der Waals surface area contributed by atoms with Crippen molar-refractivity contribution in [1.82, 2.24) is 34.3 Å². The summed E-state index contributed by atoms with van der Waals surface area (Å²) in [4.78, 5) is 16.2. The number of hydrogen-bond acceptors (Lipinski definition) is 7. The molecule has 0 saturated carbocycles. The van der Waals surface area contributed by atoms with Gasteiger partial charge in [0.15, 0.2) is 0 Å². The van der Waals surface area contributed by atoms with E-state index in [1.165, 1.54) is 122 Å². The van der Waals surface area contributed by atoms with Gasteiger partial charge in [-0.3, -0.25) is 0 Å². The van der Waals surface area contributed by atoms with Crippen molar-refractivity contribution in [3.63, 3.8) is 0 Å². The van der Waals surface area contributed by atoms with Crippen molar-refractivity contribution in [3.05, 3.63) is 48.5 Å². The van der Waals surface area contributed by atoms with E-state index in [2.05, 4.69) is 163 Å². The van der Waals surface area contributed by atoms with Crippen LogP contribution in [0, 0.1) is 23.7 Å². The van der Waals surface area contributed by atoms with E-state index in [0.717, 1.165) is 36.4 Å². The fourth-order valence-electron chi connectivity index (χ4n) is 7.35. The molecule has 7 nitrogen and oxygen atoms in total. The van der Waals surface area contributed by atoms with Crippen molar-refractivity contribution in [1.29, 1.82) is 0 Å². The first-order valence-electron chi connectivity index (χ1n) is 22.1. The van der Waals surface area contributed by atoms with Crippen molar-refractivity contribution in [2.45, 2.75) is 132 Å². The Kier molecular flexibility index (Phi) is 30.4. The third-order valence-electron chi connectivity index (χ3n) is 12.1. The van der Waals surface area contributed by atoms with E-state index in [4.69, 9.17) is 0 Å². The largest absolute Gasteiger partial charge is 0.377 e. The van der Waals surface area contributed by atoms with Crippen LogP contribution in [-0.4, -0.2) is 155 Å². The topological polar surface area (TPSA) is 22.7 Å².